The van der Waals surface area contributed by atoms with Gasteiger partial charge in [-0.05, 0) is 24.6 Å². The minimum atomic E-state index is -3.27. The van der Waals surface area contributed by atoms with Crippen LogP contribution in [-0.2, 0) is 4.79 Å². The van der Waals surface area contributed by atoms with Gasteiger partial charge in [-0.15, -0.1) is 0 Å². The molecule has 1 aliphatic rings. The Hall–Kier alpha value is -2.52. The van der Waals surface area contributed by atoms with Gasteiger partial charge in [0.25, 0.3) is 5.91 Å². The summed E-state index contributed by atoms with van der Waals surface area (Å²) in [5, 5.41) is 5.19. The van der Waals surface area contributed by atoms with E-state index in [-0.39, 0.29) is 30.5 Å². The number of nitrogens with one attached hydrogen (secondary N) is 2. The molecule has 0 bridgehead atoms. The zero-order chi connectivity index (χ0) is 17.7. The molecule has 0 radical (unpaired) electrons. The molecule has 1 saturated heterocycles. The second-order valence-electron chi connectivity index (χ2n) is 4.93. The lowest BCUT2D eigenvalue weighted by atomic mass is 10.1. The Balaban J connectivity index is 2.11. The molecule has 2 amide bonds. The first kappa shape index (κ1) is 17.8. The van der Waals surface area contributed by atoms with Crippen LogP contribution in [-0.4, -0.2) is 37.6 Å². The molecule has 1 aliphatic heterocycles. The summed E-state index contributed by atoms with van der Waals surface area (Å²) in [6, 6.07) is 2.67. The largest absolute Gasteiger partial charge is 0.431 e. The number of halogens is 4. The maximum Gasteiger partial charge on any atom is 0.387 e. The fraction of sp³-hybridized carbons (Fsp3) is 0.429. The number of carbonyl (C=O) groups is 2. The van der Waals surface area contributed by atoms with Crippen molar-refractivity contribution in [1.82, 2.24) is 10.6 Å². The molecule has 0 aliphatic carbocycles. The molecular weight excluding hydrogens is 336 g/mol. The van der Waals surface area contributed by atoms with E-state index in [2.05, 4.69) is 20.1 Å². The Bertz CT molecular complexity index is 602. The quantitative estimate of drug-likeness (QED) is 0.769. The number of ether oxygens (including phenoxy) is 2. The van der Waals surface area contributed by atoms with Crippen molar-refractivity contribution >= 4 is 11.8 Å². The van der Waals surface area contributed by atoms with Crippen LogP contribution in [0.25, 0.3) is 0 Å². The highest BCUT2D eigenvalue weighted by Crippen LogP contribution is 2.31. The summed E-state index contributed by atoms with van der Waals surface area (Å²) >= 11 is 0. The van der Waals surface area contributed by atoms with Crippen LogP contribution in [0.3, 0.4) is 0 Å². The monoisotopic (exact) mass is 350 g/mol. The molecule has 2 rings (SSSR count). The second kappa shape index (κ2) is 7.84. The predicted molar refractivity (Wildman–Crippen MR) is 73.2 cm³/mol. The van der Waals surface area contributed by atoms with Crippen molar-refractivity contribution in [2.24, 2.45) is 0 Å². The number of rotatable bonds is 6. The van der Waals surface area contributed by atoms with E-state index in [1.807, 2.05) is 0 Å². The van der Waals surface area contributed by atoms with Crippen LogP contribution in [0.15, 0.2) is 18.2 Å². The minimum absolute atomic E-state index is 0.0656. The van der Waals surface area contributed by atoms with E-state index in [1.54, 1.807) is 0 Å². The summed E-state index contributed by atoms with van der Waals surface area (Å²) < 4.78 is 57.4. The Morgan fingerprint density at radius 3 is 2.42 bits per heavy atom. The summed E-state index contributed by atoms with van der Waals surface area (Å²) in [7, 11) is 0. The zero-order valence-corrected chi connectivity index (χ0v) is 12.2. The molecule has 24 heavy (non-hydrogen) atoms. The Morgan fingerprint density at radius 1 is 1.17 bits per heavy atom. The number of piperidine rings is 1. The van der Waals surface area contributed by atoms with Crippen LogP contribution >= 0.6 is 0 Å². The summed E-state index contributed by atoms with van der Waals surface area (Å²) in [6.45, 7) is -6.25. The smallest absolute Gasteiger partial charge is 0.387 e. The number of hydrogen-bond acceptors (Lipinski definition) is 4. The molecule has 1 aromatic rings. The van der Waals surface area contributed by atoms with Crippen molar-refractivity contribution in [2.75, 3.05) is 6.54 Å². The van der Waals surface area contributed by atoms with Gasteiger partial charge in [-0.25, -0.2) is 0 Å². The number of alkyl halides is 4. The summed E-state index contributed by atoms with van der Waals surface area (Å²) in [5.41, 5.74) is -0.0656. The SMILES string of the molecule is O=C1CC[C@H](NC(=O)c2ccc(OC(F)F)c(OC(F)F)c2)CN1. The van der Waals surface area contributed by atoms with Crippen LogP contribution < -0.4 is 20.1 Å². The molecule has 1 heterocycles. The molecule has 0 spiro atoms. The Kier molecular flexibility index (Phi) is 5.83. The molecule has 0 saturated carbocycles. The standard InChI is InChI=1S/C14H14F4N2O4/c15-13(16)23-9-3-1-7(5-10(9)24-14(17)18)12(22)20-8-2-4-11(21)19-6-8/h1,3,5,8,13-14H,2,4,6H2,(H,19,21)(H,20,22)/t8-/m0/s1. The van der Waals surface area contributed by atoms with E-state index in [0.29, 0.717) is 6.42 Å². The molecule has 10 heteroatoms. The van der Waals surface area contributed by atoms with Gasteiger partial charge in [0.1, 0.15) is 0 Å². The van der Waals surface area contributed by atoms with Crippen molar-refractivity contribution in [3.8, 4) is 11.5 Å². The third kappa shape index (κ3) is 5.00. The van der Waals surface area contributed by atoms with Crippen molar-refractivity contribution in [3.63, 3.8) is 0 Å². The highest BCUT2D eigenvalue weighted by Gasteiger charge is 2.22. The summed E-state index contributed by atoms with van der Waals surface area (Å²) in [4.78, 5) is 23.2. The summed E-state index contributed by atoms with van der Waals surface area (Å²) in [5.74, 6) is -2.01. The highest BCUT2D eigenvalue weighted by molar-refractivity contribution is 5.95. The fourth-order valence-electron chi connectivity index (χ4n) is 2.16. The van der Waals surface area contributed by atoms with Gasteiger partial charge in [0.15, 0.2) is 11.5 Å². The van der Waals surface area contributed by atoms with E-state index >= 15 is 0 Å². The van der Waals surface area contributed by atoms with E-state index < -0.39 is 30.6 Å². The van der Waals surface area contributed by atoms with Gasteiger partial charge in [-0.1, -0.05) is 0 Å². The van der Waals surface area contributed by atoms with E-state index in [9.17, 15) is 27.2 Å². The van der Waals surface area contributed by atoms with Crippen LogP contribution in [0, 0.1) is 0 Å². The average Bonchev–Trinajstić information content (AvgIpc) is 2.50. The lowest BCUT2D eigenvalue weighted by molar-refractivity contribution is -0.122. The highest BCUT2D eigenvalue weighted by atomic mass is 19.3. The van der Waals surface area contributed by atoms with Gasteiger partial charge in [0.05, 0.1) is 0 Å². The van der Waals surface area contributed by atoms with Crippen molar-refractivity contribution < 1.29 is 36.6 Å². The third-order valence-corrected chi connectivity index (χ3v) is 3.24. The van der Waals surface area contributed by atoms with Gasteiger partial charge in [-0.3, -0.25) is 9.59 Å². The van der Waals surface area contributed by atoms with E-state index in [4.69, 9.17) is 0 Å². The van der Waals surface area contributed by atoms with Crippen LogP contribution in [0.4, 0.5) is 17.6 Å². The molecule has 2 N–H and O–H groups in total. The van der Waals surface area contributed by atoms with Crippen molar-refractivity contribution in [2.45, 2.75) is 32.1 Å². The summed E-state index contributed by atoms with van der Waals surface area (Å²) in [6.07, 6.45) is 0.691. The van der Waals surface area contributed by atoms with Gasteiger partial charge in [0.2, 0.25) is 5.91 Å². The minimum Gasteiger partial charge on any atom is -0.431 e. The third-order valence-electron chi connectivity index (χ3n) is 3.24. The maximum atomic E-state index is 12.4. The molecule has 0 aromatic heterocycles. The average molecular weight is 350 g/mol. The molecule has 1 aromatic carbocycles. The van der Waals surface area contributed by atoms with Gasteiger partial charge >= 0.3 is 13.2 Å². The first-order chi connectivity index (χ1) is 11.3. The predicted octanol–water partition coefficient (Wildman–Crippen LogP) is 1.90. The molecule has 0 unspecified atom stereocenters. The fourth-order valence-corrected chi connectivity index (χ4v) is 2.16. The number of hydrogen-bond donors (Lipinski definition) is 2. The number of amides is 2. The lowest BCUT2D eigenvalue weighted by Gasteiger charge is -2.23. The van der Waals surface area contributed by atoms with Gasteiger partial charge in [-0.2, -0.15) is 17.6 Å². The zero-order valence-electron chi connectivity index (χ0n) is 12.2. The molecule has 1 atom stereocenters. The number of carbonyl (C=O) groups excluding carboxylic acids is 2. The van der Waals surface area contributed by atoms with Crippen LogP contribution in [0.1, 0.15) is 23.2 Å². The topological polar surface area (TPSA) is 76.7 Å². The molecule has 6 nitrogen and oxygen atoms in total. The Labute approximate surface area is 134 Å². The second-order valence-corrected chi connectivity index (χ2v) is 4.93. The molecular formula is C14H14F4N2O4. The van der Waals surface area contributed by atoms with Crippen molar-refractivity contribution in [3.05, 3.63) is 23.8 Å². The first-order valence-corrected chi connectivity index (χ1v) is 6.96. The molecule has 1 fully saturated rings. The lowest BCUT2D eigenvalue weighted by Crippen LogP contribution is -2.47. The maximum absolute atomic E-state index is 12.4. The number of benzene rings is 1. The first-order valence-electron chi connectivity index (χ1n) is 6.96. The van der Waals surface area contributed by atoms with E-state index in [0.717, 1.165) is 18.2 Å². The van der Waals surface area contributed by atoms with Crippen LogP contribution in [0.2, 0.25) is 0 Å². The van der Waals surface area contributed by atoms with E-state index in [1.165, 1.54) is 0 Å². The van der Waals surface area contributed by atoms with Gasteiger partial charge < -0.3 is 20.1 Å². The van der Waals surface area contributed by atoms with Gasteiger partial charge in [0, 0.05) is 24.6 Å². The Morgan fingerprint density at radius 2 is 1.83 bits per heavy atom. The normalized spacial score (nSPS) is 17.6. The van der Waals surface area contributed by atoms with Crippen LogP contribution in [0.5, 0.6) is 11.5 Å². The van der Waals surface area contributed by atoms with Crippen molar-refractivity contribution in [1.29, 1.82) is 0 Å². The molecule has 132 valence electrons.